The Labute approximate surface area is 138 Å². The SMILES string of the molecule is CC(C)N1CCO[C@@H](CC(=O)NCC2(Cn3ccnc3)CC2)C1. The van der Waals surface area contributed by atoms with Crippen molar-refractivity contribution < 1.29 is 9.53 Å². The van der Waals surface area contributed by atoms with Gasteiger partial charge in [0.2, 0.25) is 5.91 Å². The number of imidazole rings is 1. The first-order chi connectivity index (χ1) is 11.1. The molecular formula is C17H28N4O2. The number of amides is 1. The first kappa shape index (κ1) is 16.5. The van der Waals surface area contributed by atoms with Crippen LogP contribution in [0.25, 0.3) is 0 Å². The summed E-state index contributed by atoms with van der Waals surface area (Å²) in [5.41, 5.74) is 0.230. The Morgan fingerprint density at radius 2 is 2.30 bits per heavy atom. The monoisotopic (exact) mass is 320 g/mol. The molecule has 2 fully saturated rings. The Morgan fingerprint density at radius 3 is 2.96 bits per heavy atom. The van der Waals surface area contributed by atoms with E-state index in [1.54, 1.807) is 6.20 Å². The van der Waals surface area contributed by atoms with E-state index in [1.165, 1.54) is 12.8 Å². The molecule has 0 unspecified atom stereocenters. The van der Waals surface area contributed by atoms with Crippen LogP contribution in [0.4, 0.5) is 0 Å². The van der Waals surface area contributed by atoms with E-state index in [0.29, 0.717) is 12.5 Å². The number of carbonyl (C=O) groups is 1. The molecule has 1 saturated carbocycles. The van der Waals surface area contributed by atoms with E-state index in [0.717, 1.165) is 32.8 Å². The van der Waals surface area contributed by atoms with Gasteiger partial charge in [-0.2, -0.15) is 0 Å². The first-order valence-corrected chi connectivity index (χ1v) is 8.64. The topological polar surface area (TPSA) is 59.4 Å². The van der Waals surface area contributed by atoms with Crippen molar-refractivity contribution in [3.05, 3.63) is 18.7 Å². The average Bonchev–Trinajstić information content (AvgIpc) is 3.10. The Morgan fingerprint density at radius 1 is 1.48 bits per heavy atom. The van der Waals surface area contributed by atoms with E-state index in [1.807, 2.05) is 12.5 Å². The molecule has 1 aliphatic heterocycles. The number of hydrogen-bond acceptors (Lipinski definition) is 4. The molecule has 1 aliphatic carbocycles. The maximum absolute atomic E-state index is 12.2. The molecule has 6 nitrogen and oxygen atoms in total. The summed E-state index contributed by atoms with van der Waals surface area (Å²) in [6, 6.07) is 0.509. The molecule has 1 atom stereocenters. The Bertz CT molecular complexity index is 511. The molecule has 6 heteroatoms. The lowest BCUT2D eigenvalue weighted by molar-refractivity contribution is -0.126. The van der Waals surface area contributed by atoms with Crippen molar-refractivity contribution in [2.45, 2.75) is 51.8 Å². The quantitative estimate of drug-likeness (QED) is 0.822. The van der Waals surface area contributed by atoms with Crippen LogP contribution in [-0.4, -0.2) is 58.7 Å². The first-order valence-electron chi connectivity index (χ1n) is 8.64. The lowest BCUT2D eigenvalue weighted by Crippen LogP contribution is -2.47. The molecule has 0 bridgehead atoms. The van der Waals surface area contributed by atoms with Crippen molar-refractivity contribution in [2.24, 2.45) is 5.41 Å². The number of ether oxygens (including phenoxy) is 1. The van der Waals surface area contributed by atoms with Gasteiger partial charge in [-0.15, -0.1) is 0 Å². The Kier molecular flexibility index (Phi) is 5.02. The fourth-order valence-electron chi connectivity index (χ4n) is 3.23. The fourth-order valence-corrected chi connectivity index (χ4v) is 3.23. The smallest absolute Gasteiger partial charge is 0.222 e. The van der Waals surface area contributed by atoms with Crippen LogP contribution in [0.1, 0.15) is 33.1 Å². The molecule has 0 aromatic carbocycles. The molecule has 3 rings (SSSR count). The molecular weight excluding hydrogens is 292 g/mol. The molecule has 1 aromatic rings. The average molecular weight is 320 g/mol. The van der Waals surface area contributed by atoms with Crippen molar-refractivity contribution in [1.29, 1.82) is 0 Å². The number of nitrogens with one attached hydrogen (secondary N) is 1. The van der Waals surface area contributed by atoms with Gasteiger partial charge < -0.3 is 14.6 Å². The highest BCUT2D eigenvalue weighted by atomic mass is 16.5. The minimum Gasteiger partial charge on any atom is -0.375 e. The van der Waals surface area contributed by atoms with E-state index in [-0.39, 0.29) is 17.4 Å². The summed E-state index contributed by atoms with van der Waals surface area (Å²) in [5, 5.41) is 3.12. The van der Waals surface area contributed by atoms with Crippen LogP contribution < -0.4 is 5.32 Å². The van der Waals surface area contributed by atoms with Crippen LogP contribution in [-0.2, 0) is 16.1 Å². The zero-order valence-corrected chi connectivity index (χ0v) is 14.2. The second-order valence-corrected chi connectivity index (χ2v) is 7.30. The number of carbonyl (C=O) groups excluding carboxylic acids is 1. The van der Waals surface area contributed by atoms with E-state index >= 15 is 0 Å². The highest BCUT2D eigenvalue weighted by Gasteiger charge is 2.43. The minimum absolute atomic E-state index is 0.0231. The molecule has 0 radical (unpaired) electrons. The molecule has 128 valence electrons. The van der Waals surface area contributed by atoms with Gasteiger partial charge in [-0.05, 0) is 26.7 Å². The van der Waals surface area contributed by atoms with Crippen LogP contribution in [0.15, 0.2) is 18.7 Å². The van der Waals surface area contributed by atoms with Crippen molar-refractivity contribution in [3.63, 3.8) is 0 Å². The molecule has 1 aromatic heterocycles. The third-order valence-electron chi connectivity index (χ3n) is 5.01. The van der Waals surface area contributed by atoms with Gasteiger partial charge in [0.25, 0.3) is 0 Å². The lowest BCUT2D eigenvalue weighted by Gasteiger charge is -2.35. The zero-order valence-electron chi connectivity index (χ0n) is 14.2. The van der Waals surface area contributed by atoms with Crippen LogP contribution in [0.2, 0.25) is 0 Å². The predicted molar refractivity (Wildman–Crippen MR) is 88.0 cm³/mol. The maximum Gasteiger partial charge on any atom is 0.222 e. The van der Waals surface area contributed by atoms with Crippen LogP contribution in [0, 0.1) is 5.41 Å². The van der Waals surface area contributed by atoms with Crippen molar-refractivity contribution in [3.8, 4) is 0 Å². The summed E-state index contributed by atoms with van der Waals surface area (Å²) in [7, 11) is 0. The number of hydrogen-bond donors (Lipinski definition) is 1. The van der Waals surface area contributed by atoms with E-state index in [2.05, 4.69) is 33.6 Å². The summed E-state index contributed by atoms with van der Waals surface area (Å²) in [5.74, 6) is 0.109. The van der Waals surface area contributed by atoms with Crippen molar-refractivity contribution in [1.82, 2.24) is 19.8 Å². The molecule has 1 amide bonds. The summed E-state index contributed by atoms with van der Waals surface area (Å²) >= 11 is 0. The number of nitrogens with zero attached hydrogens (tertiary/aromatic N) is 3. The van der Waals surface area contributed by atoms with Gasteiger partial charge in [-0.1, -0.05) is 0 Å². The van der Waals surface area contributed by atoms with Crippen LogP contribution in [0.3, 0.4) is 0 Å². The molecule has 2 aliphatic rings. The summed E-state index contributed by atoms with van der Waals surface area (Å²) in [6.07, 6.45) is 8.46. The van der Waals surface area contributed by atoms with Gasteiger partial charge in [0.05, 0.1) is 25.5 Å². The summed E-state index contributed by atoms with van der Waals surface area (Å²) < 4.78 is 7.85. The number of rotatable bonds is 7. The standard InChI is InChI=1S/C17H28N4O2/c1-14(2)21-7-8-23-15(10-21)9-16(22)19-11-17(3-4-17)12-20-6-5-18-13-20/h5-6,13-15H,3-4,7-12H2,1-2H3,(H,19,22)/t15-/m0/s1. The number of morpholine rings is 1. The normalized spacial score (nSPS) is 23.9. The van der Waals surface area contributed by atoms with Gasteiger partial charge >= 0.3 is 0 Å². The zero-order chi connectivity index (χ0) is 16.3. The van der Waals surface area contributed by atoms with Crippen molar-refractivity contribution >= 4 is 5.91 Å². The Hall–Kier alpha value is -1.40. The van der Waals surface area contributed by atoms with E-state index < -0.39 is 0 Å². The van der Waals surface area contributed by atoms with E-state index in [4.69, 9.17) is 4.74 Å². The van der Waals surface area contributed by atoms with Gasteiger partial charge in [0.1, 0.15) is 0 Å². The maximum atomic E-state index is 12.2. The second kappa shape index (κ2) is 7.01. The molecule has 1 N–H and O–H groups in total. The highest BCUT2D eigenvalue weighted by molar-refractivity contribution is 5.76. The second-order valence-electron chi connectivity index (χ2n) is 7.30. The molecule has 23 heavy (non-hydrogen) atoms. The largest absolute Gasteiger partial charge is 0.375 e. The van der Waals surface area contributed by atoms with Crippen molar-refractivity contribution in [2.75, 3.05) is 26.2 Å². The fraction of sp³-hybridized carbons (Fsp3) is 0.765. The van der Waals surface area contributed by atoms with Crippen LogP contribution >= 0.6 is 0 Å². The van der Waals surface area contributed by atoms with Gasteiger partial charge in [0.15, 0.2) is 0 Å². The van der Waals surface area contributed by atoms with Gasteiger partial charge in [-0.25, -0.2) is 4.98 Å². The highest BCUT2D eigenvalue weighted by Crippen LogP contribution is 2.46. The third kappa shape index (κ3) is 4.54. The summed E-state index contributed by atoms with van der Waals surface area (Å²) in [6.45, 7) is 8.61. The molecule has 2 heterocycles. The predicted octanol–water partition coefficient (Wildman–Crippen LogP) is 1.28. The van der Waals surface area contributed by atoms with Gasteiger partial charge in [0, 0.05) is 50.0 Å². The Balaban J connectivity index is 1.41. The van der Waals surface area contributed by atoms with Gasteiger partial charge in [-0.3, -0.25) is 9.69 Å². The third-order valence-corrected chi connectivity index (χ3v) is 5.01. The molecule has 1 saturated heterocycles. The van der Waals surface area contributed by atoms with Crippen LogP contribution in [0.5, 0.6) is 0 Å². The van der Waals surface area contributed by atoms with E-state index in [9.17, 15) is 4.79 Å². The molecule has 0 spiro atoms. The number of aromatic nitrogens is 2. The summed E-state index contributed by atoms with van der Waals surface area (Å²) in [4.78, 5) is 18.7. The minimum atomic E-state index is 0.0231. The lowest BCUT2D eigenvalue weighted by atomic mass is 10.1.